The maximum atomic E-state index is 6.29. The Kier molecular flexibility index (Phi) is 5.07. The third-order valence-corrected chi connectivity index (χ3v) is 3.86. The lowest BCUT2D eigenvalue weighted by molar-refractivity contribution is 0.346. The molecule has 0 unspecified atom stereocenters. The first-order valence-corrected chi connectivity index (χ1v) is 7.56. The largest absolute Gasteiger partial charge is 0.380 e. The highest BCUT2D eigenvalue weighted by atomic mass is 35.5. The van der Waals surface area contributed by atoms with Crippen LogP contribution in [0.3, 0.4) is 0 Å². The summed E-state index contributed by atoms with van der Waals surface area (Å²) in [5.41, 5.74) is 7.78. The number of anilines is 1. The van der Waals surface area contributed by atoms with Crippen molar-refractivity contribution in [3.8, 4) is 11.1 Å². The molecule has 20 heavy (non-hydrogen) atoms. The summed E-state index contributed by atoms with van der Waals surface area (Å²) in [7, 11) is 0. The van der Waals surface area contributed by atoms with Crippen LogP contribution in [0, 0.1) is 0 Å². The summed E-state index contributed by atoms with van der Waals surface area (Å²) in [5, 5.41) is 4.64. The van der Waals surface area contributed by atoms with E-state index in [9.17, 15) is 0 Å². The van der Waals surface area contributed by atoms with Gasteiger partial charge in [-0.15, -0.1) is 0 Å². The monoisotopic (exact) mass is 292 g/mol. The first-order chi connectivity index (χ1) is 9.69. The predicted octanol–water partition coefficient (Wildman–Crippen LogP) is 5.26. The second kappa shape index (κ2) is 6.80. The fourth-order valence-corrected chi connectivity index (χ4v) is 2.86. The van der Waals surface area contributed by atoms with Gasteiger partial charge in [0.15, 0.2) is 5.82 Å². The third-order valence-electron chi connectivity index (χ3n) is 3.53. The molecule has 0 atom stereocenters. The molecule has 2 N–H and O–H groups in total. The van der Waals surface area contributed by atoms with E-state index in [0.29, 0.717) is 16.8 Å². The number of nitrogens with zero attached hydrogens (tertiary/aromatic N) is 1. The average Bonchev–Trinajstić information content (AvgIpc) is 2.81. The zero-order valence-corrected chi connectivity index (χ0v) is 12.8. The molecule has 0 fully saturated rings. The van der Waals surface area contributed by atoms with Crippen LogP contribution >= 0.6 is 11.6 Å². The summed E-state index contributed by atoms with van der Waals surface area (Å²) < 4.78 is 5.54. The quantitative estimate of drug-likeness (QED) is 0.790. The average molecular weight is 293 g/mol. The number of halogens is 1. The van der Waals surface area contributed by atoms with Gasteiger partial charge in [-0.3, -0.25) is 0 Å². The molecule has 3 nitrogen and oxygen atoms in total. The number of hydrogen-bond donors (Lipinski definition) is 1. The van der Waals surface area contributed by atoms with Gasteiger partial charge in [0.05, 0.1) is 5.56 Å². The van der Waals surface area contributed by atoms with E-state index in [1.165, 1.54) is 0 Å². The van der Waals surface area contributed by atoms with Crippen molar-refractivity contribution in [1.29, 1.82) is 0 Å². The van der Waals surface area contributed by atoms with Crippen molar-refractivity contribution in [2.75, 3.05) is 5.73 Å². The van der Waals surface area contributed by atoms with Gasteiger partial charge in [0, 0.05) is 16.5 Å². The Morgan fingerprint density at radius 2 is 1.85 bits per heavy atom. The van der Waals surface area contributed by atoms with Crippen LogP contribution in [0.4, 0.5) is 5.82 Å². The predicted molar refractivity (Wildman–Crippen MR) is 83.9 cm³/mol. The molecule has 0 spiro atoms. The molecule has 0 aliphatic rings. The van der Waals surface area contributed by atoms with Gasteiger partial charge in [-0.1, -0.05) is 61.6 Å². The number of nitrogen functional groups attached to an aromatic ring is 1. The van der Waals surface area contributed by atoms with E-state index < -0.39 is 0 Å². The Hall–Kier alpha value is -1.48. The van der Waals surface area contributed by atoms with Crippen molar-refractivity contribution < 1.29 is 4.52 Å². The fourth-order valence-electron chi connectivity index (χ4n) is 2.63. The maximum absolute atomic E-state index is 6.29. The second-order valence-electron chi connectivity index (χ2n) is 5.06. The number of hydrogen-bond acceptors (Lipinski definition) is 3. The Morgan fingerprint density at radius 3 is 2.45 bits per heavy atom. The Bertz CT molecular complexity index is 559. The molecule has 0 saturated heterocycles. The van der Waals surface area contributed by atoms with Crippen LogP contribution in [0.15, 0.2) is 28.8 Å². The van der Waals surface area contributed by atoms with E-state index in [-0.39, 0.29) is 0 Å². The second-order valence-corrected chi connectivity index (χ2v) is 5.47. The standard InChI is InChI=1S/C16H21ClN2O/c1-3-7-11(8-4-2)15-14(16(18)19-20-15)12-9-5-6-10-13(12)17/h5-6,9-11H,3-4,7-8H2,1-2H3,(H2,18,19). The summed E-state index contributed by atoms with van der Waals surface area (Å²) in [6.07, 6.45) is 4.35. The fraction of sp³-hybridized carbons (Fsp3) is 0.438. The maximum Gasteiger partial charge on any atom is 0.175 e. The van der Waals surface area contributed by atoms with Crippen LogP contribution in [0.25, 0.3) is 11.1 Å². The van der Waals surface area contributed by atoms with Gasteiger partial charge in [-0.2, -0.15) is 0 Å². The molecule has 0 saturated carbocycles. The zero-order chi connectivity index (χ0) is 14.5. The Morgan fingerprint density at radius 1 is 1.20 bits per heavy atom. The molecule has 0 aliphatic carbocycles. The van der Waals surface area contributed by atoms with Gasteiger partial charge in [0.2, 0.25) is 0 Å². The molecule has 2 aromatic rings. The number of rotatable bonds is 6. The summed E-state index contributed by atoms with van der Waals surface area (Å²) in [5.74, 6) is 1.64. The number of benzene rings is 1. The van der Waals surface area contributed by atoms with Gasteiger partial charge in [0.1, 0.15) is 5.76 Å². The minimum atomic E-state index is 0.348. The third kappa shape index (κ3) is 2.98. The van der Waals surface area contributed by atoms with Crippen molar-refractivity contribution in [3.05, 3.63) is 35.0 Å². The molecule has 1 aromatic heterocycles. The minimum absolute atomic E-state index is 0.348. The topological polar surface area (TPSA) is 52.0 Å². The number of aromatic nitrogens is 1. The highest BCUT2D eigenvalue weighted by Gasteiger charge is 2.24. The van der Waals surface area contributed by atoms with E-state index in [1.807, 2.05) is 24.3 Å². The van der Waals surface area contributed by atoms with Crippen LogP contribution < -0.4 is 5.73 Å². The first kappa shape index (κ1) is 14.9. The highest BCUT2D eigenvalue weighted by Crippen LogP contribution is 2.40. The Labute approximate surface area is 125 Å². The molecular formula is C16H21ClN2O. The number of nitrogens with two attached hydrogens (primary N) is 1. The molecule has 0 aliphatic heterocycles. The van der Waals surface area contributed by atoms with Crippen LogP contribution in [0.2, 0.25) is 5.02 Å². The van der Waals surface area contributed by atoms with Gasteiger partial charge in [-0.05, 0) is 18.9 Å². The minimum Gasteiger partial charge on any atom is -0.380 e. The zero-order valence-electron chi connectivity index (χ0n) is 12.0. The molecule has 1 aromatic carbocycles. The van der Waals surface area contributed by atoms with Crippen LogP contribution in [-0.4, -0.2) is 5.16 Å². The lowest BCUT2D eigenvalue weighted by Crippen LogP contribution is -2.00. The van der Waals surface area contributed by atoms with Crippen molar-refractivity contribution in [1.82, 2.24) is 5.16 Å². The van der Waals surface area contributed by atoms with E-state index in [4.69, 9.17) is 21.9 Å². The van der Waals surface area contributed by atoms with Gasteiger partial charge in [-0.25, -0.2) is 0 Å². The molecule has 108 valence electrons. The molecule has 2 rings (SSSR count). The molecule has 4 heteroatoms. The molecule has 0 bridgehead atoms. The van der Waals surface area contributed by atoms with Crippen molar-refractivity contribution in [2.45, 2.75) is 45.4 Å². The summed E-state index contributed by atoms with van der Waals surface area (Å²) in [6, 6.07) is 7.68. The SMILES string of the molecule is CCCC(CCC)c1onc(N)c1-c1ccccc1Cl. The highest BCUT2D eigenvalue weighted by molar-refractivity contribution is 6.33. The molecule has 0 amide bonds. The van der Waals surface area contributed by atoms with Crippen LogP contribution in [0.5, 0.6) is 0 Å². The van der Waals surface area contributed by atoms with E-state index in [2.05, 4.69) is 19.0 Å². The van der Waals surface area contributed by atoms with Crippen molar-refractivity contribution >= 4 is 17.4 Å². The van der Waals surface area contributed by atoms with Crippen LogP contribution in [0.1, 0.15) is 51.2 Å². The lowest BCUT2D eigenvalue weighted by Gasteiger charge is -2.14. The van der Waals surface area contributed by atoms with Gasteiger partial charge < -0.3 is 10.3 Å². The van der Waals surface area contributed by atoms with E-state index >= 15 is 0 Å². The normalized spacial score (nSPS) is 11.2. The molecular weight excluding hydrogens is 272 g/mol. The summed E-state index contributed by atoms with van der Waals surface area (Å²) in [4.78, 5) is 0. The summed E-state index contributed by atoms with van der Waals surface area (Å²) in [6.45, 7) is 4.36. The van der Waals surface area contributed by atoms with Gasteiger partial charge >= 0.3 is 0 Å². The van der Waals surface area contributed by atoms with Crippen molar-refractivity contribution in [2.24, 2.45) is 0 Å². The van der Waals surface area contributed by atoms with Gasteiger partial charge in [0.25, 0.3) is 0 Å². The molecule has 1 heterocycles. The van der Waals surface area contributed by atoms with E-state index in [1.54, 1.807) is 0 Å². The van der Waals surface area contributed by atoms with Crippen LogP contribution in [-0.2, 0) is 0 Å². The molecule has 0 radical (unpaired) electrons. The first-order valence-electron chi connectivity index (χ1n) is 7.18. The smallest absolute Gasteiger partial charge is 0.175 e. The lowest BCUT2D eigenvalue weighted by atomic mass is 9.91. The van der Waals surface area contributed by atoms with Crippen molar-refractivity contribution in [3.63, 3.8) is 0 Å². The van der Waals surface area contributed by atoms with E-state index in [0.717, 1.165) is 42.6 Å². The Balaban J connectivity index is 2.48. The summed E-state index contributed by atoms with van der Waals surface area (Å²) >= 11 is 6.29.